The molecular weight excluding hydrogens is 639 g/mol. The molecule has 3 aromatic rings. The Morgan fingerprint density at radius 1 is 1.00 bits per heavy atom. The van der Waals surface area contributed by atoms with E-state index in [9.17, 15) is 31.2 Å². The van der Waals surface area contributed by atoms with Crippen LogP contribution in [-0.4, -0.2) is 59.8 Å². The van der Waals surface area contributed by atoms with Crippen molar-refractivity contribution in [3.05, 3.63) is 64.7 Å². The van der Waals surface area contributed by atoms with Crippen LogP contribution in [0.3, 0.4) is 0 Å². The topological polar surface area (TPSA) is 164 Å². The van der Waals surface area contributed by atoms with Gasteiger partial charge in [0.15, 0.2) is 6.61 Å². The third kappa shape index (κ3) is 9.91. The number of hydrogen-bond acceptors (Lipinski definition) is 10. The molecule has 1 heterocycles. The van der Waals surface area contributed by atoms with E-state index >= 15 is 0 Å². The molecule has 1 saturated carbocycles. The minimum Gasteiger partial charge on any atom is -0.454 e. The molecule has 2 amide bonds. The second-order valence-corrected chi connectivity index (χ2v) is 13.2. The van der Waals surface area contributed by atoms with Gasteiger partial charge in [0, 0.05) is 29.2 Å². The van der Waals surface area contributed by atoms with Gasteiger partial charge in [-0.25, -0.2) is 8.42 Å². The average molecular weight is 670 g/mol. The van der Waals surface area contributed by atoms with Gasteiger partial charge < -0.3 is 20.7 Å². The van der Waals surface area contributed by atoms with Crippen LogP contribution >= 0.6 is 11.6 Å². The number of amides is 2. The average Bonchev–Trinajstić information content (AvgIpc) is 3.74. The molecule has 0 atom stereocenters. The van der Waals surface area contributed by atoms with Gasteiger partial charge in [-0.05, 0) is 75.1 Å². The van der Waals surface area contributed by atoms with Gasteiger partial charge in [0.1, 0.15) is 0 Å². The molecule has 17 heteroatoms. The van der Waals surface area contributed by atoms with E-state index in [0.717, 1.165) is 18.4 Å². The molecule has 0 spiro atoms. The van der Waals surface area contributed by atoms with E-state index in [1.807, 2.05) is 16.9 Å². The predicted molar refractivity (Wildman–Crippen MR) is 161 cm³/mol. The third-order valence-corrected chi connectivity index (χ3v) is 8.63. The predicted octanol–water partition coefficient (Wildman–Crippen LogP) is 4.68. The molecule has 0 radical (unpaired) electrons. The second-order valence-electron chi connectivity index (χ2n) is 10.6. The van der Waals surface area contributed by atoms with Gasteiger partial charge in [-0.1, -0.05) is 23.7 Å². The summed E-state index contributed by atoms with van der Waals surface area (Å²) >= 11 is 6.00. The van der Waals surface area contributed by atoms with Crippen LogP contribution in [0.5, 0.6) is 6.01 Å². The summed E-state index contributed by atoms with van der Waals surface area (Å²) in [7, 11) is -3.72. The summed E-state index contributed by atoms with van der Waals surface area (Å²) in [6.45, 7) is 1.44. The van der Waals surface area contributed by atoms with Crippen LogP contribution in [0.2, 0.25) is 5.02 Å². The molecule has 4 rings (SSSR count). The van der Waals surface area contributed by atoms with E-state index in [0.29, 0.717) is 16.3 Å². The molecule has 0 saturated heterocycles. The maximum Gasteiger partial charge on any atom is 0.422 e. The van der Waals surface area contributed by atoms with E-state index in [1.54, 1.807) is 24.3 Å². The number of carbonyl (C=O) groups is 2. The van der Waals surface area contributed by atoms with E-state index < -0.39 is 51.4 Å². The van der Waals surface area contributed by atoms with Crippen LogP contribution in [0.25, 0.3) is 0 Å². The molecule has 0 aliphatic heterocycles. The van der Waals surface area contributed by atoms with Crippen molar-refractivity contribution in [2.75, 3.05) is 23.8 Å². The van der Waals surface area contributed by atoms with Crippen molar-refractivity contribution in [1.29, 1.82) is 0 Å². The number of sulfonamides is 1. The minimum absolute atomic E-state index is 0.00334. The number of nitrogens with zero attached hydrogens (tertiary/aromatic N) is 3. The first-order chi connectivity index (χ1) is 21.1. The van der Waals surface area contributed by atoms with Crippen molar-refractivity contribution < 1.29 is 35.9 Å². The van der Waals surface area contributed by atoms with E-state index in [4.69, 9.17) is 16.3 Å². The second kappa shape index (κ2) is 13.9. The van der Waals surface area contributed by atoms with Gasteiger partial charge in [0.2, 0.25) is 27.8 Å². The van der Waals surface area contributed by atoms with Gasteiger partial charge in [0.05, 0.1) is 10.8 Å². The fourth-order valence-electron chi connectivity index (χ4n) is 3.99. The molecule has 1 aliphatic rings. The zero-order valence-corrected chi connectivity index (χ0v) is 25.8. The highest BCUT2D eigenvalue weighted by Crippen LogP contribution is 2.48. The summed E-state index contributed by atoms with van der Waals surface area (Å²) in [5.74, 6) is -1.17. The first-order valence-electron chi connectivity index (χ1n) is 13.8. The molecule has 1 aromatic heterocycles. The van der Waals surface area contributed by atoms with Gasteiger partial charge in [-0.15, -0.1) is 0 Å². The van der Waals surface area contributed by atoms with Gasteiger partial charge in [0.25, 0.3) is 5.91 Å². The maximum absolute atomic E-state index is 12.8. The molecule has 242 valence electrons. The lowest BCUT2D eigenvalue weighted by Crippen LogP contribution is -2.36. The Hall–Kier alpha value is -4.18. The fraction of sp³-hybridized carbons (Fsp3) is 0.393. The Labute approximate surface area is 262 Å². The SMILES string of the molecule is CC(C)S(=O)(=O)NC(=O)CCCNC(=O)c1ccc(Nc2nc(NC3(c4ccc(Cl)cc4)CC3)nc(OCC(F)(F)F)n2)cc1. The highest BCUT2D eigenvalue weighted by Gasteiger charge is 2.45. The van der Waals surface area contributed by atoms with Crippen LogP contribution in [0.15, 0.2) is 48.5 Å². The molecule has 0 bridgehead atoms. The van der Waals surface area contributed by atoms with Crippen molar-refractivity contribution in [3.63, 3.8) is 0 Å². The van der Waals surface area contributed by atoms with Crippen molar-refractivity contribution in [2.24, 2.45) is 0 Å². The number of nitrogens with one attached hydrogen (secondary N) is 4. The van der Waals surface area contributed by atoms with Crippen LogP contribution < -0.4 is 25.4 Å². The van der Waals surface area contributed by atoms with Crippen LogP contribution in [0.1, 0.15) is 55.5 Å². The maximum atomic E-state index is 12.8. The van der Waals surface area contributed by atoms with Gasteiger partial charge in [-0.2, -0.15) is 28.1 Å². The van der Waals surface area contributed by atoms with Crippen molar-refractivity contribution >= 4 is 51.0 Å². The van der Waals surface area contributed by atoms with Crippen LogP contribution in [0.4, 0.5) is 30.8 Å². The number of hydrogen-bond donors (Lipinski definition) is 4. The molecule has 45 heavy (non-hydrogen) atoms. The summed E-state index contributed by atoms with van der Waals surface area (Å²) in [6.07, 6.45) is -3.00. The summed E-state index contributed by atoms with van der Waals surface area (Å²) in [5, 5.41) is 8.54. The Morgan fingerprint density at radius 3 is 2.24 bits per heavy atom. The summed E-state index contributed by atoms with van der Waals surface area (Å²) in [5.41, 5.74) is 1.11. The molecular formula is C28H31ClF3N7O5S. The van der Waals surface area contributed by atoms with Crippen LogP contribution in [0, 0.1) is 0 Å². The Kier molecular flexibility index (Phi) is 10.4. The summed E-state index contributed by atoms with van der Waals surface area (Å²) < 4.78 is 68.8. The Morgan fingerprint density at radius 2 is 1.64 bits per heavy atom. The molecule has 12 nitrogen and oxygen atoms in total. The minimum atomic E-state index is -4.61. The smallest absolute Gasteiger partial charge is 0.422 e. The number of ether oxygens (including phenoxy) is 1. The number of rotatable bonds is 14. The molecule has 1 fully saturated rings. The zero-order valence-electron chi connectivity index (χ0n) is 24.2. The normalized spacial score (nSPS) is 14.0. The standard InChI is InChI=1S/C28H31ClF3N7O5S/c1-17(2)45(42,43)39-22(40)4-3-15-33-23(41)18-5-11-21(12-6-18)34-24-35-25(37-26(36-24)44-16-28(30,31)32)38-27(13-14-27)19-7-9-20(29)10-8-19/h5-12,17H,3-4,13-16H2,1-2H3,(H,33,41)(H,39,40)(H2,34,35,36,37,38). The number of carbonyl (C=O) groups excluding carboxylic acids is 2. The number of aromatic nitrogens is 3. The highest BCUT2D eigenvalue weighted by atomic mass is 35.5. The van der Waals surface area contributed by atoms with Crippen molar-refractivity contribution in [3.8, 4) is 6.01 Å². The molecule has 2 aromatic carbocycles. The molecule has 0 unspecified atom stereocenters. The zero-order chi connectivity index (χ0) is 32.8. The Bertz CT molecular complexity index is 1620. The van der Waals surface area contributed by atoms with E-state index in [1.165, 1.54) is 26.0 Å². The first-order valence-corrected chi connectivity index (χ1v) is 15.8. The lowest BCUT2D eigenvalue weighted by molar-refractivity contribution is -0.154. The molecule has 1 aliphatic carbocycles. The number of alkyl halides is 3. The van der Waals surface area contributed by atoms with E-state index in [-0.39, 0.29) is 31.3 Å². The van der Waals surface area contributed by atoms with E-state index in [2.05, 4.69) is 30.9 Å². The summed E-state index contributed by atoms with van der Waals surface area (Å²) in [6, 6.07) is 12.7. The number of anilines is 3. The van der Waals surface area contributed by atoms with Crippen LogP contribution in [-0.2, 0) is 20.4 Å². The highest BCUT2D eigenvalue weighted by molar-refractivity contribution is 7.90. The Balaban J connectivity index is 1.38. The fourth-order valence-corrected chi connectivity index (χ4v) is 4.77. The lowest BCUT2D eigenvalue weighted by Gasteiger charge is -2.19. The largest absolute Gasteiger partial charge is 0.454 e. The third-order valence-electron chi connectivity index (χ3n) is 6.62. The number of benzene rings is 2. The first kappa shape index (κ1) is 33.7. The van der Waals surface area contributed by atoms with Gasteiger partial charge in [-0.3, -0.25) is 14.3 Å². The number of halogens is 4. The van der Waals surface area contributed by atoms with Crippen molar-refractivity contribution in [1.82, 2.24) is 25.0 Å². The van der Waals surface area contributed by atoms with Gasteiger partial charge >= 0.3 is 12.2 Å². The lowest BCUT2D eigenvalue weighted by atomic mass is 10.1. The summed E-state index contributed by atoms with van der Waals surface area (Å²) in [4.78, 5) is 36.6. The quantitative estimate of drug-likeness (QED) is 0.177. The monoisotopic (exact) mass is 669 g/mol. The van der Waals surface area contributed by atoms with Crippen molar-refractivity contribution in [2.45, 2.75) is 56.5 Å². The molecule has 4 N–H and O–H groups in total.